The van der Waals surface area contributed by atoms with Gasteiger partial charge in [-0.2, -0.15) is 0 Å². The average molecular weight is 391 g/mol. The van der Waals surface area contributed by atoms with Gasteiger partial charge in [-0.15, -0.1) is 0 Å². The molecule has 0 saturated heterocycles. The van der Waals surface area contributed by atoms with Crippen LogP contribution >= 0.6 is 15.9 Å². The highest BCUT2D eigenvalue weighted by Gasteiger charge is 2.17. The molecular weight excluding hydrogens is 382 g/mol. The van der Waals surface area contributed by atoms with E-state index in [0.29, 0.717) is 10.5 Å². The van der Waals surface area contributed by atoms with Gasteiger partial charge in [0.1, 0.15) is 11.6 Å². The molecule has 1 amide bonds. The molecule has 2 rings (SSSR count). The van der Waals surface area contributed by atoms with Gasteiger partial charge in [0.25, 0.3) is 5.91 Å². The second kappa shape index (κ2) is 6.11. The number of sulfonamides is 1. The Hall–Kier alpha value is -1.84. The Balaban J connectivity index is 2.37. The van der Waals surface area contributed by atoms with Crippen molar-refractivity contribution in [1.29, 1.82) is 0 Å². The minimum Gasteiger partial charge on any atom is -0.319 e. The smallest absolute Gasteiger partial charge is 0.256 e. The number of primary sulfonamides is 1. The fourth-order valence-electron chi connectivity index (χ4n) is 1.64. The molecule has 0 aliphatic rings. The van der Waals surface area contributed by atoms with Gasteiger partial charge in [-0.25, -0.2) is 22.3 Å². The average Bonchev–Trinajstić information content (AvgIpc) is 2.41. The third-order valence-electron chi connectivity index (χ3n) is 2.69. The van der Waals surface area contributed by atoms with Crippen LogP contribution in [0, 0.1) is 11.6 Å². The van der Waals surface area contributed by atoms with Crippen molar-refractivity contribution in [2.45, 2.75) is 4.90 Å². The van der Waals surface area contributed by atoms with Crippen LogP contribution in [0.3, 0.4) is 0 Å². The summed E-state index contributed by atoms with van der Waals surface area (Å²) in [5.74, 6) is -2.51. The van der Waals surface area contributed by atoms with Crippen LogP contribution in [-0.2, 0) is 10.0 Å². The van der Waals surface area contributed by atoms with Crippen LogP contribution in [0.4, 0.5) is 14.5 Å². The van der Waals surface area contributed by atoms with Crippen LogP contribution in [-0.4, -0.2) is 14.3 Å². The minimum absolute atomic E-state index is 0.0600. The molecular formula is C13H9BrF2N2O3S. The maximum atomic E-state index is 13.5. The molecule has 0 radical (unpaired) electrons. The minimum atomic E-state index is -3.99. The normalized spacial score (nSPS) is 11.3. The fourth-order valence-corrected chi connectivity index (χ4v) is 2.60. The maximum Gasteiger partial charge on any atom is 0.256 e. The Bertz CT molecular complexity index is 856. The molecule has 0 atom stereocenters. The van der Waals surface area contributed by atoms with E-state index < -0.39 is 27.6 Å². The summed E-state index contributed by atoms with van der Waals surface area (Å²) in [6, 6.07) is 6.25. The Morgan fingerprint density at radius 3 is 2.41 bits per heavy atom. The van der Waals surface area contributed by atoms with Crippen molar-refractivity contribution >= 4 is 37.5 Å². The maximum absolute atomic E-state index is 13.5. The number of amides is 1. The van der Waals surface area contributed by atoms with E-state index in [1.807, 2.05) is 0 Å². The number of benzene rings is 2. The largest absolute Gasteiger partial charge is 0.319 e. The zero-order valence-electron chi connectivity index (χ0n) is 10.8. The summed E-state index contributed by atoms with van der Waals surface area (Å²) in [6.07, 6.45) is 0. The van der Waals surface area contributed by atoms with E-state index in [9.17, 15) is 22.0 Å². The van der Waals surface area contributed by atoms with Gasteiger partial charge in [0, 0.05) is 10.5 Å². The molecule has 0 unspecified atom stereocenters. The molecule has 5 nitrogen and oxygen atoms in total. The number of carbonyl (C=O) groups is 1. The predicted molar refractivity (Wildman–Crippen MR) is 79.8 cm³/mol. The van der Waals surface area contributed by atoms with E-state index in [4.69, 9.17) is 5.14 Å². The molecule has 3 N–H and O–H groups in total. The third kappa shape index (κ3) is 3.67. The Morgan fingerprint density at radius 1 is 1.14 bits per heavy atom. The molecule has 9 heteroatoms. The summed E-state index contributed by atoms with van der Waals surface area (Å²) in [6.45, 7) is 0. The number of anilines is 1. The second-order valence-electron chi connectivity index (χ2n) is 4.26. The molecule has 0 saturated carbocycles. The van der Waals surface area contributed by atoms with Crippen LogP contribution in [0.15, 0.2) is 45.8 Å². The SMILES string of the molecule is NS(=O)(=O)c1ccc(Br)c(C(=O)Nc2ccc(F)cc2F)c1. The summed E-state index contributed by atoms with van der Waals surface area (Å²) in [4.78, 5) is 11.9. The topological polar surface area (TPSA) is 89.3 Å². The van der Waals surface area contributed by atoms with Crippen molar-refractivity contribution < 1.29 is 22.0 Å². The third-order valence-corrected chi connectivity index (χ3v) is 4.29. The van der Waals surface area contributed by atoms with E-state index in [-0.39, 0.29) is 16.1 Å². The first-order valence-corrected chi connectivity index (χ1v) is 8.11. The van der Waals surface area contributed by atoms with Gasteiger partial charge in [-0.05, 0) is 46.3 Å². The van der Waals surface area contributed by atoms with Crippen molar-refractivity contribution in [2.24, 2.45) is 5.14 Å². The summed E-state index contributed by atoms with van der Waals surface area (Å²) in [7, 11) is -3.99. The van der Waals surface area contributed by atoms with E-state index >= 15 is 0 Å². The zero-order valence-corrected chi connectivity index (χ0v) is 13.2. The molecule has 0 bridgehead atoms. The van der Waals surface area contributed by atoms with Gasteiger partial charge in [0.15, 0.2) is 0 Å². The Kier molecular flexibility index (Phi) is 4.59. The van der Waals surface area contributed by atoms with Crippen LogP contribution in [0.5, 0.6) is 0 Å². The lowest BCUT2D eigenvalue weighted by atomic mass is 10.2. The molecule has 2 aromatic rings. The lowest BCUT2D eigenvalue weighted by molar-refractivity contribution is 0.102. The molecule has 0 heterocycles. The van der Waals surface area contributed by atoms with Gasteiger partial charge < -0.3 is 5.32 Å². The highest BCUT2D eigenvalue weighted by molar-refractivity contribution is 9.10. The van der Waals surface area contributed by atoms with E-state index in [1.165, 1.54) is 12.1 Å². The number of halogens is 3. The van der Waals surface area contributed by atoms with Crippen LogP contribution in [0.25, 0.3) is 0 Å². The Morgan fingerprint density at radius 2 is 1.82 bits per heavy atom. The van der Waals surface area contributed by atoms with Gasteiger partial charge in [-0.3, -0.25) is 4.79 Å². The van der Waals surface area contributed by atoms with Gasteiger partial charge in [0.05, 0.1) is 16.1 Å². The standard InChI is InChI=1S/C13H9BrF2N2O3S/c14-10-3-2-8(22(17,20)21)6-9(10)13(19)18-12-4-1-7(15)5-11(12)16/h1-6H,(H,18,19)(H2,17,20,21). The zero-order chi connectivity index (χ0) is 16.5. The highest BCUT2D eigenvalue weighted by Crippen LogP contribution is 2.23. The van der Waals surface area contributed by atoms with Crippen molar-refractivity contribution in [3.8, 4) is 0 Å². The number of hydrogen-bond donors (Lipinski definition) is 2. The lowest BCUT2D eigenvalue weighted by Gasteiger charge is -2.09. The molecule has 22 heavy (non-hydrogen) atoms. The number of rotatable bonds is 3. The van der Waals surface area contributed by atoms with Crippen molar-refractivity contribution in [2.75, 3.05) is 5.32 Å². The summed E-state index contributed by atoms with van der Waals surface area (Å²) in [5.41, 5.74) is -0.297. The molecule has 0 spiro atoms. The molecule has 0 aliphatic heterocycles. The van der Waals surface area contributed by atoms with Crippen molar-refractivity contribution in [1.82, 2.24) is 0 Å². The fraction of sp³-hybridized carbons (Fsp3) is 0. The van der Waals surface area contributed by atoms with Gasteiger partial charge >= 0.3 is 0 Å². The first kappa shape index (κ1) is 16.5. The predicted octanol–water partition coefficient (Wildman–Crippen LogP) is 2.63. The number of nitrogens with one attached hydrogen (secondary N) is 1. The van der Waals surface area contributed by atoms with Crippen LogP contribution in [0.2, 0.25) is 0 Å². The molecule has 2 aromatic carbocycles. The van der Waals surface area contributed by atoms with Crippen LogP contribution in [0.1, 0.15) is 10.4 Å². The first-order valence-electron chi connectivity index (χ1n) is 5.77. The molecule has 0 fully saturated rings. The quantitative estimate of drug-likeness (QED) is 0.843. The van der Waals surface area contributed by atoms with Crippen LogP contribution < -0.4 is 10.5 Å². The Labute approximate surface area is 133 Å². The van der Waals surface area contributed by atoms with E-state index in [0.717, 1.165) is 18.2 Å². The van der Waals surface area contributed by atoms with E-state index in [2.05, 4.69) is 21.2 Å². The number of carbonyl (C=O) groups excluding carboxylic acids is 1. The van der Waals surface area contributed by atoms with E-state index in [1.54, 1.807) is 0 Å². The number of nitrogens with two attached hydrogens (primary N) is 1. The molecule has 0 aromatic heterocycles. The molecule has 116 valence electrons. The monoisotopic (exact) mass is 390 g/mol. The second-order valence-corrected chi connectivity index (χ2v) is 6.68. The summed E-state index contributed by atoms with van der Waals surface area (Å²) < 4.78 is 49.2. The highest BCUT2D eigenvalue weighted by atomic mass is 79.9. The molecule has 0 aliphatic carbocycles. The van der Waals surface area contributed by atoms with Gasteiger partial charge in [0.2, 0.25) is 10.0 Å². The summed E-state index contributed by atoms with van der Waals surface area (Å²) in [5, 5.41) is 7.22. The first-order chi connectivity index (χ1) is 10.2. The van der Waals surface area contributed by atoms with Crippen molar-refractivity contribution in [3.05, 3.63) is 58.1 Å². The van der Waals surface area contributed by atoms with Gasteiger partial charge in [-0.1, -0.05) is 0 Å². The lowest BCUT2D eigenvalue weighted by Crippen LogP contribution is -2.17. The summed E-state index contributed by atoms with van der Waals surface area (Å²) >= 11 is 3.09. The van der Waals surface area contributed by atoms with Crippen molar-refractivity contribution in [3.63, 3.8) is 0 Å². The number of hydrogen-bond acceptors (Lipinski definition) is 3.